The molecule has 1 saturated carbocycles. The van der Waals surface area contributed by atoms with Crippen molar-refractivity contribution >= 4 is 0 Å². The molecule has 2 rings (SSSR count). The molecule has 1 heterocycles. The average molecular weight is 287 g/mol. The van der Waals surface area contributed by atoms with Gasteiger partial charge in [0.05, 0.1) is 19.1 Å². The summed E-state index contributed by atoms with van der Waals surface area (Å²) in [5.41, 5.74) is 0. The Hall–Kier alpha value is -0.200. The summed E-state index contributed by atoms with van der Waals surface area (Å²) >= 11 is 0. The van der Waals surface area contributed by atoms with E-state index in [-0.39, 0.29) is 5.92 Å². The summed E-state index contributed by atoms with van der Waals surface area (Å²) in [7, 11) is 1.50. The molecule has 1 aliphatic carbocycles. The van der Waals surface area contributed by atoms with Crippen LogP contribution < -0.4 is 0 Å². The molecule has 1 unspecified atom stereocenters. The van der Waals surface area contributed by atoms with Crippen LogP contribution in [0.4, 0.5) is 0 Å². The van der Waals surface area contributed by atoms with Crippen LogP contribution in [-0.4, -0.2) is 56.1 Å². The van der Waals surface area contributed by atoms with E-state index >= 15 is 0 Å². The van der Waals surface area contributed by atoms with Gasteiger partial charge in [-0.25, -0.2) is 0 Å². The second kappa shape index (κ2) is 8.95. The Labute approximate surface area is 122 Å². The molecule has 0 aromatic rings. The van der Waals surface area contributed by atoms with E-state index in [0.717, 1.165) is 0 Å². The van der Waals surface area contributed by atoms with Gasteiger partial charge in [-0.3, -0.25) is 4.90 Å². The van der Waals surface area contributed by atoms with Gasteiger partial charge in [0.15, 0.2) is 6.29 Å². The van der Waals surface area contributed by atoms with Crippen LogP contribution in [-0.2, 0) is 14.2 Å². The molecule has 0 radical (unpaired) electrons. The van der Waals surface area contributed by atoms with E-state index in [2.05, 4.69) is 4.90 Å². The summed E-state index contributed by atoms with van der Waals surface area (Å²) in [5, 5.41) is 9.69. The molecule has 0 aromatic carbocycles. The van der Waals surface area contributed by atoms with Gasteiger partial charge in [-0.05, 0) is 12.8 Å². The molecule has 1 aliphatic heterocycles. The highest BCUT2D eigenvalue weighted by Crippen LogP contribution is 2.22. The number of rotatable bonds is 3. The van der Waals surface area contributed by atoms with Gasteiger partial charge in [0.25, 0.3) is 0 Å². The van der Waals surface area contributed by atoms with Crippen molar-refractivity contribution in [3.8, 4) is 0 Å². The van der Waals surface area contributed by atoms with E-state index in [1.165, 1.54) is 52.1 Å². The third-order valence-electron chi connectivity index (χ3n) is 4.41. The van der Waals surface area contributed by atoms with E-state index in [0.29, 0.717) is 32.7 Å². The molecule has 20 heavy (non-hydrogen) atoms. The molecule has 5 heteroatoms. The topological polar surface area (TPSA) is 51.2 Å². The predicted octanol–water partition coefficient (Wildman–Crippen LogP) is 1.94. The van der Waals surface area contributed by atoms with Gasteiger partial charge in [0, 0.05) is 13.2 Å². The van der Waals surface area contributed by atoms with Crippen LogP contribution in [0.15, 0.2) is 0 Å². The number of nitrogens with zero attached hydrogens (tertiary/aromatic N) is 1. The van der Waals surface area contributed by atoms with Gasteiger partial charge < -0.3 is 19.3 Å². The molecule has 118 valence electrons. The van der Waals surface area contributed by atoms with Crippen molar-refractivity contribution in [1.29, 1.82) is 0 Å². The minimum atomic E-state index is -0.803. The third kappa shape index (κ3) is 4.97. The average Bonchev–Trinajstić information content (AvgIpc) is 2.38. The van der Waals surface area contributed by atoms with E-state index in [4.69, 9.17) is 14.2 Å². The van der Waals surface area contributed by atoms with Crippen molar-refractivity contribution in [3.05, 3.63) is 0 Å². The van der Waals surface area contributed by atoms with Gasteiger partial charge in [0.2, 0.25) is 0 Å². The quantitative estimate of drug-likeness (QED) is 0.804. The maximum Gasteiger partial charge on any atom is 0.161 e. The lowest BCUT2D eigenvalue weighted by Crippen LogP contribution is -2.43. The molecule has 2 fully saturated rings. The van der Waals surface area contributed by atoms with E-state index < -0.39 is 6.29 Å². The minimum absolute atomic E-state index is 0.0977. The van der Waals surface area contributed by atoms with E-state index in [1.807, 2.05) is 0 Å². The number of aliphatic hydroxyl groups is 1. The zero-order chi connectivity index (χ0) is 14.2. The highest BCUT2D eigenvalue weighted by atomic mass is 16.6. The largest absolute Gasteiger partial charge is 0.368 e. The first-order valence-electron chi connectivity index (χ1n) is 7.91. The second-order valence-electron chi connectivity index (χ2n) is 5.97. The monoisotopic (exact) mass is 287 g/mol. The summed E-state index contributed by atoms with van der Waals surface area (Å²) in [6.45, 7) is 2.16. The standard InChI is InChI=1S/C15H29NO4/c1-18-15(17)13-9-19-11-16(12-20-10-13)14-7-5-3-2-4-6-8-14/h13-15,17H,2-12H2,1H3. The van der Waals surface area contributed by atoms with Gasteiger partial charge in [-0.15, -0.1) is 0 Å². The molecule has 5 nitrogen and oxygen atoms in total. The van der Waals surface area contributed by atoms with Crippen LogP contribution in [0.5, 0.6) is 0 Å². The number of hydrogen-bond acceptors (Lipinski definition) is 5. The Morgan fingerprint density at radius 3 is 2.10 bits per heavy atom. The number of ether oxygens (including phenoxy) is 3. The Kier molecular flexibility index (Phi) is 7.24. The first-order valence-corrected chi connectivity index (χ1v) is 7.91. The Morgan fingerprint density at radius 2 is 1.55 bits per heavy atom. The Bertz CT molecular complexity index is 246. The predicted molar refractivity (Wildman–Crippen MR) is 76.1 cm³/mol. The highest BCUT2D eigenvalue weighted by Gasteiger charge is 2.25. The Morgan fingerprint density at radius 1 is 1.00 bits per heavy atom. The summed E-state index contributed by atoms with van der Waals surface area (Å²) in [6.07, 6.45) is 8.41. The third-order valence-corrected chi connectivity index (χ3v) is 4.41. The molecular formula is C15H29NO4. The normalized spacial score (nSPS) is 27.3. The van der Waals surface area contributed by atoms with Crippen LogP contribution in [0, 0.1) is 5.92 Å². The molecule has 1 saturated heterocycles. The number of aliphatic hydroxyl groups excluding tert-OH is 1. The van der Waals surface area contributed by atoms with Crippen molar-refractivity contribution in [2.75, 3.05) is 33.8 Å². The second-order valence-corrected chi connectivity index (χ2v) is 5.97. The van der Waals surface area contributed by atoms with E-state index in [9.17, 15) is 5.11 Å². The summed E-state index contributed by atoms with van der Waals surface area (Å²) < 4.78 is 16.4. The lowest BCUT2D eigenvalue weighted by Gasteiger charge is -2.35. The zero-order valence-electron chi connectivity index (χ0n) is 12.6. The van der Waals surface area contributed by atoms with Crippen molar-refractivity contribution in [2.45, 2.75) is 57.3 Å². The SMILES string of the molecule is COC(O)C1COCN(C2CCCCCCC2)COC1. The first-order chi connectivity index (χ1) is 9.81. The number of hydrogen-bond donors (Lipinski definition) is 1. The fourth-order valence-electron chi connectivity index (χ4n) is 3.10. The summed E-state index contributed by atoms with van der Waals surface area (Å²) in [6, 6.07) is 0.583. The van der Waals surface area contributed by atoms with Crippen molar-refractivity contribution < 1.29 is 19.3 Å². The first kappa shape index (κ1) is 16.2. The van der Waals surface area contributed by atoms with Crippen LogP contribution in [0.2, 0.25) is 0 Å². The molecule has 0 bridgehead atoms. The zero-order valence-corrected chi connectivity index (χ0v) is 12.6. The molecule has 1 atom stereocenters. The summed E-state index contributed by atoms with van der Waals surface area (Å²) in [4.78, 5) is 2.31. The molecule has 1 N–H and O–H groups in total. The highest BCUT2D eigenvalue weighted by molar-refractivity contribution is 4.72. The lowest BCUT2D eigenvalue weighted by atomic mass is 9.96. The molecule has 0 amide bonds. The molecular weight excluding hydrogens is 258 g/mol. The minimum Gasteiger partial charge on any atom is -0.368 e. The fourth-order valence-corrected chi connectivity index (χ4v) is 3.10. The maximum absolute atomic E-state index is 9.69. The van der Waals surface area contributed by atoms with Crippen LogP contribution in [0.3, 0.4) is 0 Å². The Balaban J connectivity index is 1.79. The lowest BCUT2D eigenvalue weighted by molar-refractivity contribution is -0.181. The van der Waals surface area contributed by atoms with Gasteiger partial charge >= 0.3 is 0 Å². The van der Waals surface area contributed by atoms with Crippen molar-refractivity contribution in [1.82, 2.24) is 4.90 Å². The van der Waals surface area contributed by atoms with Crippen LogP contribution in [0.1, 0.15) is 44.9 Å². The number of methoxy groups -OCH3 is 1. The van der Waals surface area contributed by atoms with Crippen LogP contribution >= 0.6 is 0 Å². The van der Waals surface area contributed by atoms with E-state index in [1.54, 1.807) is 0 Å². The van der Waals surface area contributed by atoms with Crippen molar-refractivity contribution in [3.63, 3.8) is 0 Å². The fraction of sp³-hybridized carbons (Fsp3) is 1.00. The van der Waals surface area contributed by atoms with Crippen LogP contribution in [0.25, 0.3) is 0 Å². The van der Waals surface area contributed by atoms with Gasteiger partial charge in [-0.2, -0.15) is 0 Å². The van der Waals surface area contributed by atoms with Gasteiger partial charge in [0.1, 0.15) is 13.5 Å². The summed E-state index contributed by atoms with van der Waals surface area (Å²) in [5.74, 6) is -0.0977. The molecule has 2 aliphatic rings. The molecule has 0 spiro atoms. The van der Waals surface area contributed by atoms with Crippen molar-refractivity contribution in [2.24, 2.45) is 5.92 Å². The maximum atomic E-state index is 9.69. The smallest absolute Gasteiger partial charge is 0.161 e. The van der Waals surface area contributed by atoms with Gasteiger partial charge in [-0.1, -0.05) is 32.1 Å². The molecule has 0 aromatic heterocycles.